The average molecular weight is 525 g/mol. The number of ether oxygens (including phenoxy) is 1. The minimum Gasteiger partial charge on any atom is -0.497 e. The molecule has 0 fully saturated rings. The fourth-order valence-corrected chi connectivity index (χ4v) is 4.88. The van der Waals surface area contributed by atoms with Crippen LogP contribution in [0.25, 0.3) is 11.0 Å². The van der Waals surface area contributed by atoms with E-state index >= 15 is 0 Å². The Morgan fingerprint density at radius 3 is 2.58 bits per heavy atom. The summed E-state index contributed by atoms with van der Waals surface area (Å²) >= 11 is 9.65. The molecule has 166 valence electrons. The van der Waals surface area contributed by atoms with Gasteiger partial charge in [0.05, 0.1) is 24.1 Å². The Morgan fingerprint density at radius 2 is 1.85 bits per heavy atom. The van der Waals surface area contributed by atoms with Gasteiger partial charge in [-0.15, -0.1) is 0 Å². The van der Waals surface area contributed by atoms with Crippen molar-refractivity contribution in [3.8, 4) is 5.75 Å². The summed E-state index contributed by atoms with van der Waals surface area (Å²) in [4.78, 5) is 28.7. The Hall–Kier alpha value is -3.09. The number of hydrogen-bond acceptors (Lipinski definition) is 4. The first-order valence-electron chi connectivity index (χ1n) is 10.4. The van der Waals surface area contributed by atoms with Gasteiger partial charge in [-0.3, -0.25) is 9.59 Å². The van der Waals surface area contributed by atoms with Crippen LogP contribution in [0.3, 0.4) is 0 Å². The Bertz CT molecular complexity index is 1430. The topological polar surface area (TPSA) is 59.8 Å². The minimum atomic E-state index is -0.553. The highest BCUT2D eigenvalue weighted by molar-refractivity contribution is 9.10. The predicted octanol–water partition coefficient (Wildman–Crippen LogP) is 6.01. The van der Waals surface area contributed by atoms with Crippen molar-refractivity contribution in [2.75, 3.05) is 13.7 Å². The quantitative estimate of drug-likeness (QED) is 0.321. The molecule has 1 atom stereocenters. The lowest BCUT2D eigenvalue weighted by Crippen LogP contribution is -2.31. The van der Waals surface area contributed by atoms with Crippen molar-refractivity contribution < 1.29 is 13.9 Å². The molecule has 0 saturated heterocycles. The van der Waals surface area contributed by atoms with E-state index < -0.39 is 6.04 Å². The van der Waals surface area contributed by atoms with Crippen molar-refractivity contribution in [3.05, 3.63) is 109 Å². The molecule has 7 heteroatoms. The van der Waals surface area contributed by atoms with Gasteiger partial charge in [0.2, 0.25) is 5.76 Å². The van der Waals surface area contributed by atoms with Crippen LogP contribution in [0.1, 0.15) is 33.3 Å². The second kappa shape index (κ2) is 8.69. The van der Waals surface area contributed by atoms with Crippen molar-refractivity contribution in [3.63, 3.8) is 0 Å². The summed E-state index contributed by atoms with van der Waals surface area (Å²) in [6.07, 6.45) is 0.619. The molecule has 0 N–H and O–H groups in total. The normalized spacial score (nSPS) is 15.2. The van der Waals surface area contributed by atoms with Crippen molar-refractivity contribution in [1.82, 2.24) is 4.90 Å². The molecule has 3 aromatic carbocycles. The van der Waals surface area contributed by atoms with Gasteiger partial charge in [0, 0.05) is 16.0 Å². The molecule has 2 heterocycles. The lowest BCUT2D eigenvalue weighted by Gasteiger charge is -2.25. The molecule has 1 amide bonds. The second-order valence-corrected chi connectivity index (χ2v) is 9.22. The number of amides is 1. The number of methoxy groups -OCH3 is 1. The molecular weight excluding hydrogens is 506 g/mol. The first-order valence-corrected chi connectivity index (χ1v) is 11.6. The van der Waals surface area contributed by atoms with E-state index in [1.165, 1.54) is 0 Å². The molecule has 0 aliphatic carbocycles. The number of nitrogens with zero attached hydrogens (tertiary/aromatic N) is 1. The summed E-state index contributed by atoms with van der Waals surface area (Å²) in [5, 5.41) is 0.806. The molecule has 5 nitrogen and oxygen atoms in total. The van der Waals surface area contributed by atoms with Crippen LogP contribution >= 0.6 is 27.5 Å². The zero-order valence-electron chi connectivity index (χ0n) is 17.7. The monoisotopic (exact) mass is 523 g/mol. The summed E-state index contributed by atoms with van der Waals surface area (Å²) in [6, 6.07) is 19.7. The largest absolute Gasteiger partial charge is 0.497 e. The number of halogens is 2. The Balaban J connectivity index is 1.61. The van der Waals surface area contributed by atoms with E-state index in [9.17, 15) is 9.59 Å². The Labute approximate surface area is 203 Å². The number of benzene rings is 3. The maximum Gasteiger partial charge on any atom is 0.290 e. The Kier molecular flexibility index (Phi) is 5.72. The molecule has 0 saturated carbocycles. The zero-order valence-corrected chi connectivity index (χ0v) is 20.0. The molecule has 1 unspecified atom stereocenters. The van der Waals surface area contributed by atoms with Crippen molar-refractivity contribution in [2.24, 2.45) is 0 Å². The number of fused-ring (bicyclic) bond motifs is 2. The molecule has 5 rings (SSSR count). The van der Waals surface area contributed by atoms with Gasteiger partial charge in [-0.05, 0) is 60.0 Å². The number of carbonyl (C=O) groups excluding carboxylic acids is 1. The third-order valence-corrected chi connectivity index (χ3v) is 6.62. The van der Waals surface area contributed by atoms with Crippen LogP contribution in [0.4, 0.5) is 0 Å². The molecule has 1 aliphatic rings. The predicted molar refractivity (Wildman–Crippen MR) is 131 cm³/mol. The van der Waals surface area contributed by atoms with Crippen LogP contribution in [0.5, 0.6) is 5.75 Å². The van der Waals surface area contributed by atoms with Gasteiger partial charge in [0.15, 0.2) is 5.43 Å². The van der Waals surface area contributed by atoms with Crippen LogP contribution in [0.2, 0.25) is 5.02 Å². The highest BCUT2D eigenvalue weighted by Crippen LogP contribution is 2.39. The number of carbonyl (C=O) groups is 1. The highest BCUT2D eigenvalue weighted by Gasteiger charge is 2.42. The fraction of sp³-hybridized carbons (Fsp3) is 0.154. The van der Waals surface area contributed by atoms with Crippen molar-refractivity contribution in [2.45, 2.75) is 12.5 Å². The van der Waals surface area contributed by atoms with E-state index in [1.807, 2.05) is 48.5 Å². The maximum atomic E-state index is 13.6. The van der Waals surface area contributed by atoms with E-state index in [0.29, 0.717) is 34.5 Å². The van der Waals surface area contributed by atoms with E-state index in [2.05, 4.69) is 15.9 Å². The fourth-order valence-electron chi connectivity index (χ4n) is 4.29. The van der Waals surface area contributed by atoms with Gasteiger partial charge in [-0.1, -0.05) is 51.8 Å². The molecular formula is C26H19BrClNO4. The first kappa shape index (κ1) is 21.7. The second-order valence-electron chi connectivity index (χ2n) is 7.87. The van der Waals surface area contributed by atoms with E-state index in [4.69, 9.17) is 20.8 Å². The molecule has 0 bridgehead atoms. The van der Waals surface area contributed by atoms with E-state index in [-0.39, 0.29) is 17.1 Å². The molecule has 0 radical (unpaired) electrons. The SMILES string of the molecule is COc1ccc(CCN2C(=O)c3oc4ccc(Cl)cc4c(=O)c3C2c2cccc(Br)c2)cc1. The summed E-state index contributed by atoms with van der Waals surface area (Å²) < 4.78 is 12.1. The molecule has 0 spiro atoms. The van der Waals surface area contributed by atoms with Crippen LogP contribution in [-0.4, -0.2) is 24.5 Å². The summed E-state index contributed by atoms with van der Waals surface area (Å²) in [6.45, 7) is 0.420. The third kappa shape index (κ3) is 3.94. The lowest BCUT2D eigenvalue weighted by atomic mass is 9.98. The van der Waals surface area contributed by atoms with E-state index in [0.717, 1.165) is 21.3 Å². The first-order chi connectivity index (χ1) is 16.0. The van der Waals surface area contributed by atoms with Crippen molar-refractivity contribution >= 4 is 44.4 Å². The highest BCUT2D eigenvalue weighted by atomic mass is 79.9. The van der Waals surface area contributed by atoms with Crippen LogP contribution < -0.4 is 10.2 Å². The van der Waals surface area contributed by atoms with Gasteiger partial charge in [0.1, 0.15) is 11.3 Å². The van der Waals surface area contributed by atoms with Gasteiger partial charge in [0.25, 0.3) is 5.91 Å². The van der Waals surface area contributed by atoms with Gasteiger partial charge < -0.3 is 14.1 Å². The molecule has 4 aromatic rings. The number of hydrogen-bond donors (Lipinski definition) is 0. The number of rotatable bonds is 5. The summed E-state index contributed by atoms with van der Waals surface area (Å²) in [7, 11) is 1.62. The van der Waals surface area contributed by atoms with Gasteiger partial charge in [-0.2, -0.15) is 0 Å². The lowest BCUT2D eigenvalue weighted by molar-refractivity contribution is 0.0730. The average Bonchev–Trinajstić information content (AvgIpc) is 3.10. The third-order valence-electron chi connectivity index (χ3n) is 5.89. The molecule has 1 aromatic heterocycles. The van der Waals surface area contributed by atoms with Crippen LogP contribution in [0, 0.1) is 0 Å². The van der Waals surface area contributed by atoms with Crippen molar-refractivity contribution in [1.29, 1.82) is 0 Å². The Morgan fingerprint density at radius 1 is 1.06 bits per heavy atom. The van der Waals surface area contributed by atoms with Crippen LogP contribution in [-0.2, 0) is 6.42 Å². The maximum absolute atomic E-state index is 13.6. The standard InChI is InChI=1S/C26H19BrClNO4/c1-32-19-8-5-15(6-9-19)11-12-29-23(16-3-2-4-17(27)13-16)22-24(30)20-14-18(28)7-10-21(20)33-25(22)26(29)31/h2-10,13-14,23H,11-12H2,1H3. The zero-order chi connectivity index (χ0) is 23.1. The molecule has 1 aliphatic heterocycles. The minimum absolute atomic E-state index is 0.0922. The van der Waals surface area contributed by atoms with E-state index in [1.54, 1.807) is 30.2 Å². The van der Waals surface area contributed by atoms with Crippen LogP contribution in [0.15, 0.2) is 80.4 Å². The van der Waals surface area contributed by atoms with Gasteiger partial charge >= 0.3 is 0 Å². The summed E-state index contributed by atoms with van der Waals surface area (Å²) in [5.41, 5.74) is 2.35. The van der Waals surface area contributed by atoms with Gasteiger partial charge in [-0.25, -0.2) is 0 Å². The summed E-state index contributed by atoms with van der Waals surface area (Å²) in [5.74, 6) is 0.572. The smallest absolute Gasteiger partial charge is 0.290 e. The molecule has 33 heavy (non-hydrogen) atoms.